The fourth-order valence-corrected chi connectivity index (χ4v) is 6.82. The third-order valence-electron chi connectivity index (χ3n) is 8.36. The standard InChI is InChI=1S/C27H32O3/c1-27-16-15-22-21-11-9-20(28)17-19(21)8-10-23(22)24(27)12-13-25(27)30-26(29)14-7-18-5-3-2-4-6-18/h2-6,9,11,17,22-25,28H,7-8,10,12-16H2,1H3/t22-,23-,24+,25-,27+/m1/s1. The van der Waals surface area contributed by atoms with Crippen LogP contribution < -0.4 is 0 Å². The highest BCUT2D eigenvalue weighted by molar-refractivity contribution is 5.70. The Morgan fingerprint density at radius 2 is 1.93 bits per heavy atom. The van der Waals surface area contributed by atoms with Crippen LogP contribution in [0.15, 0.2) is 48.5 Å². The van der Waals surface area contributed by atoms with Crippen molar-refractivity contribution in [3.8, 4) is 5.75 Å². The summed E-state index contributed by atoms with van der Waals surface area (Å²) < 4.78 is 6.10. The first-order valence-corrected chi connectivity index (χ1v) is 11.6. The highest BCUT2D eigenvalue weighted by Gasteiger charge is 2.56. The van der Waals surface area contributed by atoms with E-state index in [4.69, 9.17) is 4.74 Å². The maximum Gasteiger partial charge on any atom is 0.306 e. The largest absolute Gasteiger partial charge is 0.508 e. The van der Waals surface area contributed by atoms with E-state index in [1.807, 2.05) is 30.3 Å². The second kappa shape index (κ2) is 7.76. The molecule has 3 aliphatic rings. The molecule has 3 aliphatic carbocycles. The van der Waals surface area contributed by atoms with Crippen molar-refractivity contribution in [1.82, 2.24) is 0 Å². The first-order chi connectivity index (χ1) is 14.5. The molecule has 3 nitrogen and oxygen atoms in total. The molecule has 158 valence electrons. The van der Waals surface area contributed by atoms with Crippen molar-refractivity contribution in [2.75, 3.05) is 0 Å². The molecule has 0 aromatic heterocycles. The summed E-state index contributed by atoms with van der Waals surface area (Å²) in [6.45, 7) is 2.38. The molecular formula is C27H32O3. The van der Waals surface area contributed by atoms with Gasteiger partial charge in [0, 0.05) is 11.8 Å². The smallest absolute Gasteiger partial charge is 0.306 e. The van der Waals surface area contributed by atoms with Crippen LogP contribution in [0.5, 0.6) is 5.75 Å². The predicted molar refractivity (Wildman–Crippen MR) is 117 cm³/mol. The Labute approximate surface area is 179 Å². The Bertz CT molecular complexity index is 921. The lowest BCUT2D eigenvalue weighted by Gasteiger charge is -2.50. The molecule has 0 heterocycles. The van der Waals surface area contributed by atoms with Gasteiger partial charge in [-0.05, 0) is 91.5 Å². The number of hydrogen-bond donors (Lipinski definition) is 1. The molecule has 30 heavy (non-hydrogen) atoms. The fourth-order valence-electron chi connectivity index (χ4n) is 6.82. The van der Waals surface area contributed by atoms with Crippen molar-refractivity contribution in [3.63, 3.8) is 0 Å². The number of fused-ring (bicyclic) bond motifs is 5. The summed E-state index contributed by atoms with van der Waals surface area (Å²) in [5.41, 5.74) is 4.09. The van der Waals surface area contributed by atoms with Gasteiger partial charge in [-0.2, -0.15) is 0 Å². The second-order valence-corrected chi connectivity index (χ2v) is 9.88. The van der Waals surface area contributed by atoms with Crippen LogP contribution in [0.1, 0.15) is 68.1 Å². The molecule has 2 aromatic rings. The summed E-state index contributed by atoms with van der Waals surface area (Å²) >= 11 is 0. The van der Waals surface area contributed by atoms with Gasteiger partial charge in [0.05, 0.1) is 0 Å². The van der Waals surface area contributed by atoms with Crippen LogP contribution in [0.3, 0.4) is 0 Å². The molecule has 0 saturated heterocycles. The number of aromatic hydroxyl groups is 1. The molecule has 0 spiro atoms. The zero-order valence-corrected chi connectivity index (χ0v) is 17.8. The van der Waals surface area contributed by atoms with Crippen molar-refractivity contribution in [2.45, 2.75) is 70.3 Å². The molecule has 5 rings (SSSR count). The number of carbonyl (C=O) groups excluding carboxylic acids is 1. The molecule has 0 aliphatic heterocycles. The van der Waals surface area contributed by atoms with Crippen LogP contribution in [0, 0.1) is 17.3 Å². The molecule has 0 radical (unpaired) electrons. The number of carbonyl (C=O) groups is 1. The summed E-state index contributed by atoms with van der Waals surface area (Å²) in [4.78, 5) is 12.6. The Hall–Kier alpha value is -2.29. The second-order valence-electron chi connectivity index (χ2n) is 9.88. The van der Waals surface area contributed by atoms with Crippen LogP contribution in [-0.2, 0) is 22.4 Å². The van der Waals surface area contributed by atoms with Crippen molar-refractivity contribution in [3.05, 3.63) is 65.2 Å². The molecule has 3 heteroatoms. The lowest BCUT2D eigenvalue weighted by Crippen LogP contribution is -2.45. The van der Waals surface area contributed by atoms with Gasteiger partial charge < -0.3 is 9.84 Å². The maximum absolute atomic E-state index is 12.6. The average Bonchev–Trinajstić information content (AvgIpc) is 3.09. The van der Waals surface area contributed by atoms with E-state index in [1.165, 1.54) is 29.5 Å². The van der Waals surface area contributed by atoms with Crippen LogP contribution in [0.2, 0.25) is 0 Å². The minimum atomic E-state index is -0.0442. The zero-order chi connectivity index (χ0) is 20.7. The first kappa shape index (κ1) is 19.7. The SMILES string of the molecule is C[C@]12CC[C@@H]3c4ccc(O)cc4CC[C@H]3[C@@H]1CC[C@H]2OC(=O)CCc1ccccc1. The number of rotatable bonds is 4. The summed E-state index contributed by atoms with van der Waals surface area (Å²) in [7, 11) is 0. The molecule has 0 bridgehead atoms. The number of aryl methyl sites for hydroxylation is 2. The zero-order valence-electron chi connectivity index (χ0n) is 17.8. The molecule has 1 N–H and O–H groups in total. The van der Waals surface area contributed by atoms with E-state index in [2.05, 4.69) is 25.1 Å². The van der Waals surface area contributed by atoms with E-state index in [0.29, 0.717) is 29.9 Å². The first-order valence-electron chi connectivity index (χ1n) is 11.6. The van der Waals surface area contributed by atoms with Crippen LogP contribution in [0.25, 0.3) is 0 Å². The predicted octanol–water partition coefficient (Wildman–Crippen LogP) is 5.79. The number of phenolic OH excluding ortho intramolecular Hbond substituents is 1. The van der Waals surface area contributed by atoms with Gasteiger partial charge >= 0.3 is 5.97 Å². The Balaban J connectivity index is 1.26. The third-order valence-corrected chi connectivity index (χ3v) is 8.36. The summed E-state index contributed by atoms with van der Waals surface area (Å²) in [5, 5.41) is 9.86. The number of phenols is 1. The maximum atomic E-state index is 12.6. The quantitative estimate of drug-likeness (QED) is 0.656. The van der Waals surface area contributed by atoms with E-state index in [0.717, 1.165) is 32.1 Å². The van der Waals surface area contributed by atoms with Gasteiger partial charge in [0.25, 0.3) is 0 Å². The van der Waals surface area contributed by atoms with Gasteiger partial charge in [0.15, 0.2) is 0 Å². The van der Waals surface area contributed by atoms with E-state index in [1.54, 1.807) is 0 Å². The fraction of sp³-hybridized carbons (Fsp3) is 0.519. The summed E-state index contributed by atoms with van der Waals surface area (Å²) in [6, 6.07) is 16.2. The number of esters is 1. The Morgan fingerprint density at radius 3 is 2.77 bits per heavy atom. The minimum absolute atomic E-state index is 0.0442. The molecule has 2 saturated carbocycles. The van der Waals surface area contributed by atoms with Crippen LogP contribution in [0.4, 0.5) is 0 Å². The summed E-state index contributed by atoms with van der Waals surface area (Å²) in [6.07, 6.45) is 7.97. The molecule has 0 amide bonds. The van der Waals surface area contributed by atoms with Gasteiger partial charge in [-0.15, -0.1) is 0 Å². The van der Waals surface area contributed by atoms with Gasteiger partial charge in [-0.3, -0.25) is 4.79 Å². The normalized spacial score (nSPS) is 32.0. The van der Waals surface area contributed by atoms with Crippen molar-refractivity contribution < 1.29 is 14.6 Å². The highest BCUT2D eigenvalue weighted by atomic mass is 16.5. The lowest BCUT2D eigenvalue weighted by atomic mass is 9.55. The number of ether oxygens (including phenoxy) is 1. The monoisotopic (exact) mass is 404 g/mol. The Morgan fingerprint density at radius 1 is 1.10 bits per heavy atom. The number of benzene rings is 2. The molecule has 2 aromatic carbocycles. The minimum Gasteiger partial charge on any atom is -0.508 e. The highest BCUT2D eigenvalue weighted by Crippen LogP contribution is 2.61. The van der Waals surface area contributed by atoms with E-state index in [-0.39, 0.29) is 17.5 Å². The van der Waals surface area contributed by atoms with Gasteiger partial charge in [0.2, 0.25) is 0 Å². The Kier molecular flexibility index (Phi) is 5.08. The van der Waals surface area contributed by atoms with E-state index < -0.39 is 0 Å². The van der Waals surface area contributed by atoms with Crippen LogP contribution >= 0.6 is 0 Å². The average molecular weight is 405 g/mol. The topological polar surface area (TPSA) is 46.5 Å². The van der Waals surface area contributed by atoms with E-state index >= 15 is 0 Å². The molecular weight excluding hydrogens is 372 g/mol. The van der Waals surface area contributed by atoms with Crippen molar-refractivity contribution >= 4 is 5.97 Å². The van der Waals surface area contributed by atoms with Gasteiger partial charge in [-0.1, -0.05) is 43.3 Å². The molecule has 5 atom stereocenters. The van der Waals surface area contributed by atoms with Crippen LogP contribution in [-0.4, -0.2) is 17.2 Å². The molecule has 0 unspecified atom stereocenters. The lowest BCUT2D eigenvalue weighted by molar-refractivity contribution is -0.157. The van der Waals surface area contributed by atoms with Gasteiger partial charge in [-0.25, -0.2) is 0 Å². The van der Waals surface area contributed by atoms with E-state index in [9.17, 15) is 9.90 Å². The molecule has 2 fully saturated rings. The summed E-state index contributed by atoms with van der Waals surface area (Å²) in [5.74, 6) is 2.24. The van der Waals surface area contributed by atoms with Crippen molar-refractivity contribution in [1.29, 1.82) is 0 Å². The van der Waals surface area contributed by atoms with Gasteiger partial charge in [0.1, 0.15) is 11.9 Å². The third kappa shape index (κ3) is 3.42. The number of hydrogen-bond acceptors (Lipinski definition) is 3. The van der Waals surface area contributed by atoms with Crippen molar-refractivity contribution in [2.24, 2.45) is 17.3 Å².